The molecule has 2 aromatic rings. The van der Waals surface area contributed by atoms with Crippen LogP contribution in [0, 0.1) is 6.92 Å². The lowest BCUT2D eigenvalue weighted by Crippen LogP contribution is -2.27. The Morgan fingerprint density at radius 2 is 1.79 bits per heavy atom. The van der Waals surface area contributed by atoms with Gasteiger partial charge in [-0.2, -0.15) is 4.31 Å². The minimum atomic E-state index is -3.43. The summed E-state index contributed by atoms with van der Waals surface area (Å²) in [6.07, 6.45) is 2.78. The lowest BCUT2D eigenvalue weighted by Gasteiger charge is -2.15. The first kappa shape index (κ1) is 20.4. The quantitative estimate of drug-likeness (QED) is 0.771. The Morgan fingerprint density at radius 1 is 1.11 bits per heavy atom. The van der Waals surface area contributed by atoms with Crippen molar-refractivity contribution in [3.63, 3.8) is 0 Å². The first-order valence-electron chi connectivity index (χ1n) is 9.44. The van der Waals surface area contributed by atoms with Crippen LogP contribution in [0.15, 0.2) is 47.4 Å². The van der Waals surface area contributed by atoms with Crippen LogP contribution in [-0.2, 0) is 21.2 Å². The van der Waals surface area contributed by atoms with Crippen LogP contribution in [0.2, 0.25) is 0 Å². The fourth-order valence-corrected chi connectivity index (χ4v) is 4.88. The van der Waals surface area contributed by atoms with Crippen molar-refractivity contribution in [2.24, 2.45) is 0 Å². The molecule has 0 unspecified atom stereocenters. The molecule has 0 aliphatic carbocycles. The number of amides is 1. The fraction of sp³-hybridized carbons (Fsp3) is 0.381. The lowest BCUT2D eigenvalue weighted by atomic mass is 10.1. The van der Waals surface area contributed by atoms with Crippen molar-refractivity contribution in [1.82, 2.24) is 4.31 Å². The molecule has 1 fully saturated rings. The molecule has 0 spiro atoms. The summed E-state index contributed by atoms with van der Waals surface area (Å²) in [6.45, 7) is 3.12. The van der Waals surface area contributed by atoms with Crippen molar-refractivity contribution in [3.8, 4) is 5.75 Å². The first-order chi connectivity index (χ1) is 13.4. The van der Waals surface area contributed by atoms with E-state index in [0.717, 1.165) is 29.7 Å². The van der Waals surface area contributed by atoms with Gasteiger partial charge in [-0.3, -0.25) is 4.79 Å². The number of benzene rings is 2. The van der Waals surface area contributed by atoms with Gasteiger partial charge < -0.3 is 10.1 Å². The number of aryl methyl sites for hydroxylation is 2. The number of sulfonamides is 1. The summed E-state index contributed by atoms with van der Waals surface area (Å²) in [5.41, 5.74) is 2.70. The molecule has 0 bridgehead atoms. The van der Waals surface area contributed by atoms with Crippen molar-refractivity contribution in [2.75, 3.05) is 25.5 Å². The maximum atomic E-state index is 12.5. The summed E-state index contributed by atoms with van der Waals surface area (Å²) in [5.74, 6) is 0.723. The number of hydrogen-bond acceptors (Lipinski definition) is 4. The van der Waals surface area contributed by atoms with Crippen LogP contribution in [0.25, 0.3) is 0 Å². The number of carbonyl (C=O) groups is 1. The molecular weight excluding hydrogens is 376 g/mol. The second kappa shape index (κ2) is 8.75. The number of hydrogen-bond donors (Lipinski definition) is 1. The Morgan fingerprint density at radius 3 is 2.39 bits per heavy atom. The molecule has 0 radical (unpaired) electrons. The van der Waals surface area contributed by atoms with Gasteiger partial charge >= 0.3 is 0 Å². The molecule has 6 nitrogen and oxygen atoms in total. The van der Waals surface area contributed by atoms with Gasteiger partial charge in [0.05, 0.1) is 12.0 Å². The van der Waals surface area contributed by atoms with Crippen LogP contribution in [0.5, 0.6) is 5.75 Å². The Bertz CT molecular complexity index is 933. The van der Waals surface area contributed by atoms with Crippen LogP contribution >= 0.6 is 0 Å². The highest BCUT2D eigenvalue weighted by atomic mass is 32.2. The Kier molecular flexibility index (Phi) is 6.36. The van der Waals surface area contributed by atoms with E-state index in [4.69, 9.17) is 4.74 Å². The SMILES string of the molecule is COc1ccc(CCC(=O)Nc2ccc(S(=O)(=O)N3CCCC3)cc2)cc1C. The molecule has 1 N–H and O–H groups in total. The standard InChI is InChI=1S/C21H26N2O4S/c1-16-15-17(5-11-20(16)27-2)6-12-21(24)22-18-7-9-19(10-8-18)28(25,26)23-13-3-4-14-23/h5,7-11,15H,3-4,6,12-14H2,1-2H3,(H,22,24). The summed E-state index contributed by atoms with van der Waals surface area (Å²) in [5, 5.41) is 2.83. The molecule has 7 heteroatoms. The third-order valence-electron chi connectivity index (χ3n) is 4.94. The summed E-state index contributed by atoms with van der Waals surface area (Å²) in [6, 6.07) is 12.3. The maximum absolute atomic E-state index is 12.5. The number of rotatable bonds is 7. The number of carbonyl (C=O) groups excluding carboxylic acids is 1. The molecule has 0 saturated carbocycles. The summed E-state index contributed by atoms with van der Waals surface area (Å²) < 4.78 is 31.8. The molecule has 0 aromatic heterocycles. The Labute approximate surface area is 166 Å². The number of ether oxygens (including phenoxy) is 1. The fourth-order valence-electron chi connectivity index (χ4n) is 3.37. The average molecular weight is 403 g/mol. The van der Waals surface area contributed by atoms with Gasteiger partial charge in [0.2, 0.25) is 15.9 Å². The minimum Gasteiger partial charge on any atom is -0.496 e. The van der Waals surface area contributed by atoms with Crippen LogP contribution in [0.1, 0.15) is 30.4 Å². The van der Waals surface area contributed by atoms with Gasteiger partial charge in [0.1, 0.15) is 5.75 Å². The molecule has 150 valence electrons. The van der Waals surface area contributed by atoms with Gasteiger partial charge in [0.25, 0.3) is 0 Å². The zero-order chi connectivity index (χ0) is 20.1. The third-order valence-corrected chi connectivity index (χ3v) is 6.85. The molecule has 3 rings (SSSR count). The molecule has 2 aromatic carbocycles. The van der Waals surface area contributed by atoms with Gasteiger partial charge in [0, 0.05) is 25.2 Å². The van der Waals surface area contributed by atoms with Gasteiger partial charge in [-0.1, -0.05) is 12.1 Å². The van der Waals surface area contributed by atoms with Crippen LogP contribution in [-0.4, -0.2) is 38.8 Å². The normalized spacial score (nSPS) is 14.8. The number of nitrogens with one attached hydrogen (secondary N) is 1. The highest BCUT2D eigenvalue weighted by Crippen LogP contribution is 2.23. The number of nitrogens with zero attached hydrogens (tertiary/aromatic N) is 1. The Balaban J connectivity index is 1.56. The monoisotopic (exact) mass is 402 g/mol. The highest BCUT2D eigenvalue weighted by molar-refractivity contribution is 7.89. The van der Waals surface area contributed by atoms with Gasteiger partial charge in [0.15, 0.2) is 0 Å². The van der Waals surface area contributed by atoms with Gasteiger partial charge in [-0.05, 0) is 67.6 Å². The molecule has 1 heterocycles. The number of methoxy groups -OCH3 is 1. The molecular formula is C21H26N2O4S. The Hall–Kier alpha value is -2.38. The average Bonchev–Trinajstić information content (AvgIpc) is 3.23. The predicted octanol–water partition coefficient (Wildman–Crippen LogP) is 3.36. The minimum absolute atomic E-state index is 0.108. The molecule has 1 amide bonds. The van der Waals surface area contributed by atoms with Crippen LogP contribution in [0.3, 0.4) is 0 Å². The van der Waals surface area contributed by atoms with E-state index in [-0.39, 0.29) is 10.8 Å². The molecule has 1 saturated heterocycles. The first-order valence-corrected chi connectivity index (χ1v) is 10.9. The van der Waals surface area contributed by atoms with Crippen LogP contribution < -0.4 is 10.1 Å². The zero-order valence-corrected chi connectivity index (χ0v) is 17.1. The molecule has 1 aliphatic heterocycles. The van der Waals surface area contributed by atoms with Gasteiger partial charge in [-0.25, -0.2) is 8.42 Å². The lowest BCUT2D eigenvalue weighted by molar-refractivity contribution is -0.116. The van der Waals surface area contributed by atoms with Crippen molar-refractivity contribution >= 4 is 21.6 Å². The smallest absolute Gasteiger partial charge is 0.243 e. The van der Waals surface area contributed by atoms with E-state index in [2.05, 4.69) is 5.32 Å². The molecule has 1 aliphatic rings. The van der Waals surface area contributed by atoms with E-state index in [0.29, 0.717) is 31.6 Å². The number of anilines is 1. The van der Waals surface area contributed by atoms with Crippen LogP contribution in [0.4, 0.5) is 5.69 Å². The van der Waals surface area contributed by atoms with E-state index in [9.17, 15) is 13.2 Å². The highest BCUT2D eigenvalue weighted by Gasteiger charge is 2.26. The largest absolute Gasteiger partial charge is 0.496 e. The second-order valence-corrected chi connectivity index (χ2v) is 8.93. The topological polar surface area (TPSA) is 75.7 Å². The van der Waals surface area contributed by atoms with Crippen molar-refractivity contribution in [3.05, 3.63) is 53.6 Å². The van der Waals surface area contributed by atoms with Crippen molar-refractivity contribution in [1.29, 1.82) is 0 Å². The maximum Gasteiger partial charge on any atom is 0.243 e. The van der Waals surface area contributed by atoms with E-state index in [1.165, 1.54) is 4.31 Å². The summed E-state index contributed by atoms with van der Waals surface area (Å²) in [4.78, 5) is 12.5. The van der Waals surface area contributed by atoms with E-state index in [1.54, 1.807) is 31.4 Å². The molecule has 28 heavy (non-hydrogen) atoms. The van der Waals surface area contributed by atoms with E-state index < -0.39 is 10.0 Å². The van der Waals surface area contributed by atoms with E-state index in [1.807, 2.05) is 25.1 Å². The van der Waals surface area contributed by atoms with Gasteiger partial charge in [-0.15, -0.1) is 0 Å². The molecule has 0 atom stereocenters. The second-order valence-electron chi connectivity index (χ2n) is 6.99. The summed E-state index contributed by atoms with van der Waals surface area (Å²) in [7, 11) is -1.79. The zero-order valence-electron chi connectivity index (χ0n) is 16.3. The van der Waals surface area contributed by atoms with E-state index >= 15 is 0 Å². The van der Waals surface area contributed by atoms with Crippen molar-refractivity contribution < 1.29 is 17.9 Å². The predicted molar refractivity (Wildman–Crippen MR) is 109 cm³/mol. The van der Waals surface area contributed by atoms with Crippen molar-refractivity contribution in [2.45, 2.75) is 37.5 Å². The third kappa shape index (κ3) is 4.72. The summed E-state index contributed by atoms with van der Waals surface area (Å²) >= 11 is 0.